The van der Waals surface area contributed by atoms with E-state index in [1.165, 1.54) is 31.5 Å². The molecule has 4 nitrogen and oxygen atoms in total. The van der Waals surface area contributed by atoms with Crippen molar-refractivity contribution in [1.29, 1.82) is 0 Å². The van der Waals surface area contributed by atoms with Gasteiger partial charge in [0.25, 0.3) is 5.91 Å². The molecule has 0 heterocycles. The number of rotatable bonds is 4. The van der Waals surface area contributed by atoms with Gasteiger partial charge in [-0.3, -0.25) is 9.59 Å². The highest BCUT2D eigenvalue weighted by atomic mass is 19.1. The van der Waals surface area contributed by atoms with Crippen molar-refractivity contribution >= 4 is 11.9 Å². The number of hydrogen-bond acceptors (Lipinski definition) is 3. The first kappa shape index (κ1) is 15.5. The van der Waals surface area contributed by atoms with Crippen LogP contribution in [0.5, 0.6) is 0 Å². The van der Waals surface area contributed by atoms with Crippen LogP contribution in [0.1, 0.15) is 50.7 Å². The number of nitrogens with one attached hydrogen (secondary N) is 1. The van der Waals surface area contributed by atoms with Gasteiger partial charge in [0, 0.05) is 18.5 Å². The molecule has 1 fully saturated rings. The minimum absolute atomic E-state index is 0.0797. The number of carbonyl (C=O) groups is 2. The molecule has 1 amide bonds. The van der Waals surface area contributed by atoms with E-state index < -0.39 is 23.8 Å². The van der Waals surface area contributed by atoms with Crippen molar-refractivity contribution < 1.29 is 18.7 Å². The molecule has 5 heteroatoms. The van der Waals surface area contributed by atoms with E-state index in [1.807, 2.05) is 0 Å². The lowest BCUT2D eigenvalue weighted by Crippen LogP contribution is -2.40. The van der Waals surface area contributed by atoms with Crippen LogP contribution in [0.2, 0.25) is 0 Å². The van der Waals surface area contributed by atoms with Crippen LogP contribution in [0.3, 0.4) is 0 Å². The van der Waals surface area contributed by atoms with Gasteiger partial charge in [-0.05, 0) is 18.9 Å². The van der Waals surface area contributed by atoms with Gasteiger partial charge < -0.3 is 10.1 Å². The number of carbonyl (C=O) groups excluding carboxylic acids is 2. The molecule has 114 valence electrons. The first-order valence-corrected chi connectivity index (χ1v) is 7.30. The van der Waals surface area contributed by atoms with Crippen molar-refractivity contribution in [2.75, 3.05) is 0 Å². The van der Waals surface area contributed by atoms with E-state index >= 15 is 0 Å². The summed E-state index contributed by atoms with van der Waals surface area (Å²) in [6, 6.07) is 5.94. The molecule has 1 saturated carbocycles. The zero-order valence-electron chi connectivity index (χ0n) is 12.1. The number of halogens is 1. The van der Waals surface area contributed by atoms with Crippen LogP contribution in [0.4, 0.5) is 4.39 Å². The van der Waals surface area contributed by atoms with Gasteiger partial charge in [0.2, 0.25) is 6.10 Å². The topological polar surface area (TPSA) is 55.4 Å². The van der Waals surface area contributed by atoms with E-state index in [9.17, 15) is 14.0 Å². The lowest BCUT2D eigenvalue weighted by atomic mass is 9.95. The van der Waals surface area contributed by atoms with E-state index in [2.05, 4.69) is 5.32 Å². The second-order valence-corrected chi connectivity index (χ2v) is 5.35. The zero-order valence-corrected chi connectivity index (χ0v) is 12.1. The van der Waals surface area contributed by atoms with Crippen molar-refractivity contribution in [2.24, 2.45) is 0 Å². The number of hydrogen-bond donors (Lipinski definition) is 1. The molecule has 0 radical (unpaired) electrons. The maximum Gasteiger partial charge on any atom is 0.303 e. The van der Waals surface area contributed by atoms with Gasteiger partial charge in [0.15, 0.2) is 0 Å². The van der Waals surface area contributed by atoms with Crippen molar-refractivity contribution in [1.82, 2.24) is 5.32 Å². The van der Waals surface area contributed by atoms with Gasteiger partial charge in [0.1, 0.15) is 5.82 Å². The summed E-state index contributed by atoms with van der Waals surface area (Å²) in [6.07, 6.45) is 3.91. The van der Waals surface area contributed by atoms with E-state index in [1.54, 1.807) is 6.07 Å². The Kier molecular flexibility index (Phi) is 5.31. The average Bonchev–Trinajstić information content (AvgIpc) is 2.46. The van der Waals surface area contributed by atoms with E-state index in [0.29, 0.717) is 0 Å². The highest BCUT2D eigenvalue weighted by molar-refractivity contribution is 5.84. The number of ether oxygens (including phenoxy) is 1. The largest absolute Gasteiger partial charge is 0.447 e. The lowest BCUT2D eigenvalue weighted by molar-refractivity contribution is -0.154. The molecular formula is C16H20FNO3. The third-order valence-corrected chi connectivity index (χ3v) is 3.66. The van der Waals surface area contributed by atoms with E-state index in [-0.39, 0.29) is 11.6 Å². The monoisotopic (exact) mass is 293 g/mol. The van der Waals surface area contributed by atoms with Gasteiger partial charge in [-0.2, -0.15) is 0 Å². The van der Waals surface area contributed by atoms with Crippen molar-refractivity contribution in [3.63, 3.8) is 0 Å². The fraction of sp³-hybridized carbons (Fsp3) is 0.500. The predicted octanol–water partition coefficient (Wildman–Crippen LogP) is 2.88. The van der Waals surface area contributed by atoms with Gasteiger partial charge in [-0.25, -0.2) is 4.39 Å². The Hall–Kier alpha value is -1.91. The van der Waals surface area contributed by atoms with E-state index in [4.69, 9.17) is 4.74 Å². The van der Waals surface area contributed by atoms with Crippen LogP contribution in [-0.4, -0.2) is 17.9 Å². The molecule has 0 unspecified atom stereocenters. The maximum absolute atomic E-state index is 13.9. The minimum Gasteiger partial charge on any atom is -0.447 e. The van der Waals surface area contributed by atoms with Crippen LogP contribution in [0, 0.1) is 5.82 Å². The smallest absolute Gasteiger partial charge is 0.303 e. The standard InChI is InChI=1S/C16H20FNO3/c1-11(19)21-15(13-9-5-6-10-14(13)17)16(20)18-12-7-3-2-4-8-12/h5-6,9-10,12,15H,2-4,7-8H2,1H3,(H,18,20)/t15-/m0/s1. The summed E-state index contributed by atoms with van der Waals surface area (Å²) in [5.41, 5.74) is 0.0843. The second-order valence-electron chi connectivity index (χ2n) is 5.35. The third-order valence-electron chi connectivity index (χ3n) is 3.66. The number of esters is 1. The highest BCUT2D eigenvalue weighted by Gasteiger charge is 2.28. The van der Waals surface area contributed by atoms with Gasteiger partial charge in [-0.1, -0.05) is 37.5 Å². The normalized spacial score (nSPS) is 17.0. The predicted molar refractivity (Wildman–Crippen MR) is 75.9 cm³/mol. The summed E-state index contributed by atoms with van der Waals surface area (Å²) >= 11 is 0. The Morgan fingerprint density at radius 2 is 1.90 bits per heavy atom. The second kappa shape index (κ2) is 7.20. The first-order valence-electron chi connectivity index (χ1n) is 7.30. The zero-order chi connectivity index (χ0) is 15.2. The fourth-order valence-electron chi connectivity index (χ4n) is 2.64. The Balaban J connectivity index is 2.13. The number of amides is 1. The van der Waals surface area contributed by atoms with Crippen molar-refractivity contribution in [3.8, 4) is 0 Å². The molecule has 21 heavy (non-hydrogen) atoms. The summed E-state index contributed by atoms with van der Waals surface area (Å²) in [7, 11) is 0. The highest BCUT2D eigenvalue weighted by Crippen LogP contribution is 2.23. The van der Waals surface area contributed by atoms with Crippen LogP contribution in [-0.2, 0) is 14.3 Å². The molecule has 0 bridgehead atoms. The molecule has 1 aliphatic carbocycles. The molecule has 0 spiro atoms. The van der Waals surface area contributed by atoms with Gasteiger partial charge >= 0.3 is 5.97 Å². The lowest BCUT2D eigenvalue weighted by Gasteiger charge is -2.25. The molecule has 0 aliphatic heterocycles. The molecule has 1 atom stereocenters. The Morgan fingerprint density at radius 1 is 1.24 bits per heavy atom. The Morgan fingerprint density at radius 3 is 2.52 bits per heavy atom. The maximum atomic E-state index is 13.9. The molecule has 1 aromatic carbocycles. The average molecular weight is 293 g/mol. The van der Waals surface area contributed by atoms with Crippen molar-refractivity contribution in [3.05, 3.63) is 35.6 Å². The molecule has 1 aliphatic rings. The van der Waals surface area contributed by atoms with Gasteiger partial charge in [0.05, 0.1) is 0 Å². The number of benzene rings is 1. The first-order chi connectivity index (χ1) is 10.1. The Labute approximate surface area is 123 Å². The minimum atomic E-state index is -1.23. The summed E-state index contributed by atoms with van der Waals surface area (Å²) in [6.45, 7) is 1.21. The quantitative estimate of drug-likeness (QED) is 0.868. The Bertz CT molecular complexity index is 512. The van der Waals surface area contributed by atoms with E-state index in [0.717, 1.165) is 25.7 Å². The summed E-state index contributed by atoms with van der Waals surface area (Å²) < 4.78 is 18.9. The summed E-state index contributed by atoms with van der Waals surface area (Å²) in [5.74, 6) is -1.62. The van der Waals surface area contributed by atoms with Gasteiger partial charge in [-0.15, -0.1) is 0 Å². The molecule has 0 aromatic heterocycles. The fourth-order valence-corrected chi connectivity index (χ4v) is 2.64. The molecule has 0 saturated heterocycles. The van der Waals surface area contributed by atoms with Crippen LogP contribution >= 0.6 is 0 Å². The van der Waals surface area contributed by atoms with Crippen LogP contribution < -0.4 is 5.32 Å². The van der Waals surface area contributed by atoms with Crippen LogP contribution in [0.15, 0.2) is 24.3 Å². The summed E-state index contributed by atoms with van der Waals surface area (Å²) in [4.78, 5) is 23.6. The summed E-state index contributed by atoms with van der Waals surface area (Å²) in [5, 5.41) is 2.87. The molecule has 2 rings (SSSR count). The SMILES string of the molecule is CC(=O)O[C@H](C(=O)NC1CCCCC1)c1ccccc1F. The molecular weight excluding hydrogens is 273 g/mol. The molecule has 1 aromatic rings. The molecule has 1 N–H and O–H groups in total. The van der Waals surface area contributed by atoms with Crippen LogP contribution in [0.25, 0.3) is 0 Å². The third kappa shape index (κ3) is 4.28. The van der Waals surface area contributed by atoms with Crippen molar-refractivity contribution in [2.45, 2.75) is 51.2 Å².